The Labute approximate surface area is 157 Å². The number of nitrogens with one attached hydrogen (secondary N) is 1. The van der Waals surface area contributed by atoms with Crippen LogP contribution in [0, 0.1) is 6.92 Å². The van der Waals surface area contributed by atoms with Gasteiger partial charge in [-0.3, -0.25) is 4.79 Å². The van der Waals surface area contributed by atoms with Crippen molar-refractivity contribution in [1.29, 1.82) is 0 Å². The summed E-state index contributed by atoms with van der Waals surface area (Å²) in [5, 5.41) is 6.87. The van der Waals surface area contributed by atoms with Gasteiger partial charge in [0.25, 0.3) is 0 Å². The molecule has 0 fully saturated rings. The summed E-state index contributed by atoms with van der Waals surface area (Å²) in [5.74, 6) is 1.94. The zero-order valence-corrected chi connectivity index (χ0v) is 15.5. The number of aromatic nitrogens is 2. The van der Waals surface area contributed by atoms with E-state index in [2.05, 4.69) is 15.5 Å². The maximum Gasteiger partial charge on any atom is 0.227 e. The largest absolute Gasteiger partial charge is 0.493 e. The number of anilines is 1. The second kappa shape index (κ2) is 8.35. The van der Waals surface area contributed by atoms with Gasteiger partial charge in [0.2, 0.25) is 17.6 Å². The van der Waals surface area contributed by atoms with Gasteiger partial charge in [-0.05, 0) is 36.8 Å². The van der Waals surface area contributed by atoms with Crippen LogP contribution in [0.3, 0.4) is 0 Å². The van der Waals surface area contributed by atoms with Crippen LogP contribution in [-0.4, -0.2) is 30.3 Å². The minimum Gasteiger partial charge on any atom is -0.493 e. The predicted molar refractivity (Wildman–Crippen MR) is 101 cm³/mol. The van der Waals surface area contributed by atoms with Crippen molar-refractivity contribution in [2.24, 2.45) is 0 Å². The van der Waals surface area contributed by atoms with Crippen LogP contribution >= 0.6 is 0 Å². The third-order valence-corrected chi connectivity index (χ3v) is 4.09. The minimum atomic E-state index is -0.102. The number of rotatable bonds is 7. The number of benzene rings is 2. The summed E-state index contributed by atoms with van der Waals surface area (Å²) in [4.78, 5) is 16.5. The van der Waals surface area contributed by atoms with Crippen LogP contribution in [0.5, 0.6) is 11.5 Å². The number of para-hydroxylation sites is 1. The number of hydrogen-bond donors (Lipinski definition) is 1. The van der Waals surface area contributed by atoms with Crippen LogP contribution < -0.4 is 14.8 Å². The summed E-state index contributed by atoms with van der Waals surface area (Å²) < 4.78 is 15.8. The molecule has 0 aliphatic heterocycles. The van der Waals surface area contributed by atoms with Crippen molar-refractivity contribution < 1.29 is 18.8 Å². The molecule has 2 aromatic carbocycles. The first kappa shape index (κ1) is 18.4. The van der Waals surface area contributed by atoms with Crippen LogP contribution in [0.4, 0.5) is 5.69 Å². The maximum atomic E-state index is 12.1. The van der Waals surface area contributed by atoms with Crippen LogP contribution in [0.25, 0.3) is 11.4 Å². The Morgan fingerprint density at radius 2 is 1.89 bits per heavy atom. The first-order chi connectivity index (χ1) is 13.1. The van der Waals surface area contributed by atoms with Gasteiger partial charge in [-0.15, -0.1) is 0 Å². The molecule has 3 rings (SSSR count). The summed E-state index contributed by atoms with van der Waals surface area (Å²) >= 11 is 0. The molecule has 0 aliphatic rings. The third kappa shape index (κ3) is 4.44. The molecule has 1 heterocycles. The predicted octanol–water partition coefficient (Wildman–Crippen LogP) is 3.63. The lowest BCUT2D eigenvalue weighted by atomic mass is 10.2. The van der Waals surface area contributed by atoms with Crippen molar-refractivity contribution in [2.75, 3.05) is 19.5 Å². The van der Waals surface area contributed by atoms with E-state index < -0.39 is 0 Å². The van der Waals surface area contributed by atoms with Crippen molar-refractivity contribution in [3.63, 3.8) is 0 Å². The molecular formula is C20H21N3O4. The highest BCUT2D eigenvalue weighted by molar-refractivity contribution is 5.91. The van der Waals surface area contributed by atoms with Gasteiger partial charge in [-0.1, -0.05) is 23.4 Å². The second-order valence-corrected chi connectivity index (χ2v) is 5.94. The molecule has 1 aromatic heterocycles. The summed E-state index contributed by atoms with van der Waals surface area (Å²) in [7, 11) is 3.14. The quantitative estimate of drug-likeness (QED) is 0.686. The highest BCUT2D eigenvalue weighted by atomic mass is 16.5. The average molecular weight is 367 g/mol. The van der Waals surface area contributed by atoms with Crippen molar-refractivity contribution in [2.45, 2.75) is 19.8 Å². The normalized spacial score (nSPS) is 10.5. The van der Waals surface area contributed by atoms with Gasteiger partial charge in [0.05, 0.1) is 14.2 Å². The number of carbonyl (C=O) groups excluding carboxylic acids is 1. The van der Waals surface area contributed by atoms with E-state index in [1.54, 1.807) is 26.4 Å². The molecule has 140 valence electrons. The fourth-order valence-corrected chi connectivity index (χ4v) is 2.60. The molecule has 3 aromatic rings. The lowest BCUT2D eigenvalue weighted by molar-refractivity contribution is -0.116. The summed E-state index contributed by atoms with van der Waals surface area (Å²) in [6, 6.07) is 13.0. The number of hydrogen-bond acceptors (Lipinski definition) is 6. The monoisotopic (exact) mass is 367 g/mol. The second-order valence-electron chi connectivity index (χ2n) is 5.94. The zero-order valence-electron chi connectivity index (χ0n) is 15.5. The van der Waals surface area contributed by atoms with Crippen molar-refractivity contribution in [3.05, 3.63) is 53.9 Å². The van der Waals surface area contributed by atoms with Gasteiger partial charge < -0.3 is 19.3 Å². The van der Waals surface area contributed by atoms with Crippen LogP contribution in [0.15, 0.2) is 47.0 Å². The standard InChI is InChI=1S/C20H21N3O4/c1-13-6-4-5-7-15(13)21-18(24)10-11-19-22-20(23-27-19)14-8-9-16(25-2)17(12-14)26-3/h4-9,12H,10-11H2,1-3H3,(H,21,24). The highest BCUT2D eigenvalue weighted by Gasteiger charge is 2.13. The van der Waals surface area contributed by atoms with Gasteiger partial charge in [0.1, 0.15) is 0 Å². The molecular weight excluding hydrogens is 346 g/mol. The highest BCUT2D eigenvalue weighted by Crippen LogP contribution is 2.31. The van der Waals surface area contributed by atoms with Crippen LogP contribution in [0.2, 0.25) is 0 Å². The Morgan fingerprint density at radius 3 is 2.63 bits per heavy atom. The van der Waals surface area contributed by atoms with Gasteiger partial charge >= 0.3 is 0 Å². The fourth-order valence-electron chi connectivity index (χ4n) is 2.60. The van der Waals surface area contributed by atoms with E-state index in [1.165, 1.54) is 0 Å². The number of amides is 1. The number of aryl methyl sites for hydroxylation is 2. The molecule has 0 atom stereocenters. The Kier molecular flexibility index (Phi) is 5.71. The SMILES string of the molecule is COc1ccc(-c2noc(CCC(=O)Nc3ccccc3C)n2)cc1OC. The number of ether oxygens (including phenoxy) is 2. The smallest absolute Gasteiger partial charge is 0.227 e. The number of nitrogens with zero attached hydrogens (tertiary/aromatic N) is 2. The molecule has 0 radical (unpaired) electrons. The molecule has 27 heavy (non-hydrogen) atoms. The fraction of sp³-hybridized carbons (Fsp3) is 0.250. The minimum absolute atomic E-state index is 0.102. The van der Waals surface area contributed by atoms with Gasteiger partial charge in [-0.2, -0.15) is 4.98 Å². The van der Waals surface area contributed by atoms with Gasteiger partial charge in [-0.25, -0.2) is 0 Å². The summed E-state index contributed by atoms with van der Waals surface area (Å²) in [6.07, 6.45) is 0.611. The Bertz CT molecular complexity index is 936. The van der Waals surface area contributed by atoms with Crippen LogP contribution in [-0.2, 0) is 11.2 Å². The van der Waals surface area contributed by atoms with E-state index in [0.717, 1.165) is 16.8 Å². The summed E-state index contributed by atoms with van der Waals surface area (Å²) in [5.41, 5.74) is 2.56. The van der Waals surface area contributed by atoms with E-state index >= 15 is 0 Å². The van der Waals surface area contributed by atoms with E-state index in [9.17, 15) is 4.79 Å². The first-order valence-electron chi connectivity index (χ1n) is 8.51. The first-order valence-corrected chi connectivity index (χ1v) is 8.51. The molecule has 7 heteroatoms. The molecule has 0 bridgehead atoms. The van der Waals surface area contributed by atoms with E-state index in [1.807, 2.05) is 37.3 Å². The van der Waals surface area contributed by atoms with E-state index in [4.69, 9.17) is 14.0 Å². The number of methoxy groups -OCH3 is 2. The van der Waals surface area contributed by atoms with Gasteiger partial charge in [0.15, 0.2) is 11.5 Å². The Hall–Kier alpha value is -3.35. The summed E-state index contributed by atoms with van der Waals surface area (Å²) in [6.45, 7) is 1.95. The topological polar surface area (TPSA) is 86.5 Å². The average Bonchev–Trinajstić information content (AvgIpc) is 3.16. The number of carbonyl (C=O) groups is 1. The molecule has 0 saturated heterocycles. The molecule has 0 unspecified atom stereocenters. The molecule has 0 spiro atoms. The molecule has 1 N–H and O–H groups in total. The molecule has 0 saturated carbocycles. The molecule has 7 nitrogen and oxygen atoms in total. The third-order valence-electron chi connectivity index (χ3n) is 4.09. The maximum absolute atomic E-state index is 12.1. The van der Waals surface area contributed by atoms with Crippen molar-refractivity contribution >= 4 is 11.6 Å². The van der Waals surface area contributed by atoms with Crippen LogP contribution in [0.1, 0.15) is 17.9 Å². The van der Waals surface area contributed by atoms with Crippen molar-refractivity contribution in [3.8, 4) is 22.9 Å². The Morgan fingerprint density at radius 1 is 1.11 bits per heavy atom. The lowest BCUT2D eigenvalue weighted by Crippen LogP contribution is -2.13. The Balaban J connectivity index is 1.63. The van der Waals surface area contributed by atoms with Crippen molar-refractivity contribution in [1.82, 2.24) is 10.1 Å². The lowest BCUT2D eigenvalue weighted by Gasteiger charge is -2.07. The zero-order chi connectivity index (χ0) is 19.2. The molecule has 1 amide bonds. The van der Waals surface area contributed by atoms with Gasteiger partial charge in [0, 0.05) is 24.1 Å². The van der Waals surface area contributed by atoms with E-state index in [0.29, 0.717) is 29.6 Å². The molecule has 0 aliphatic carbocycles. The van der Waals surface area contributed by atoms with E-state index in [-0.39, 0.29) is 12.3 Å².